The monoisotopic (exact) mass is 298 g/mol. The first-order valence-electron chi connectivity index (χ1n) is 6.46. The van der Waals surface area contributed by atoms with Gasteiger partial charge in [0.1, 0.15) is 4.90 Å². The maximum absolute atomic E-state index is 12.2. The number of likely N-dealkylation sites (tertiary alicyclic amines) is 1. The summed E-state index contributed by atoms with van der Waals surface area (Å²) in [4.78, 5) is 17.5. The van der Waals surface area contributed by atoms with Crippen molar-refractivity contribution < 1.29 is 13.2 Å². The number of carbonyl (C=O) groups excluding carboxylic acids is 1. The summed E-state index contributed by atoms with van der Waals surface area (Å²) in [6, 6.07) is 2.95. The highest BCUT2D eigenvalue weighted by atomic mass is 32.2. The van der Waals surface area contributed by atoms with E-state index in [-0.39, 0.29) is 29.6 Å². The molecule has 110 valence electrons. The highest BCUT2D eigenvalue weighted by molar-refractivity contribution is 7.89. The van der Waals surface area contributed by atoms with E-state index in [0.29, 0.717) is 13.1 Å². The normalized spacial score (nSPS) is 15.6. The lowest BCUT2D eigenvalue weighted by Gasteiger charge is -2.16. The van der Waals surface area contributed by atoms with Crippen LogP contribution in [0.3, 0.4) is 0 Å². The van der Waals surface area contributed by atoms with E-state index in [1.165, 1.54) is 18.3 Å². The second-order valence-electron chi connectivity index (χ2n) is 4.56. The fraction of sp³-hybridized carbons (Fsp3) is 0.500. The standard InChI is InChI=1S/C12H18N4O3S/c13-8-10-11(4-3-5-14-10)20(18,19)15-9-12(17)16-6-1-2-7-16/h3-5,15H,1-2,6-9,13H2. The minimum atomic E-state index is -3.77. The van der Waals surface area contributed by atoms with Crippen molar-refractivity contribution in [2.24, 2.45) is 5.73 Å². The van der Waals surface area contributed by atoms with Crippen LogP contribution >= 0.6 is 0 Å². The summed E-state index contributed by atoms with van der Waals surface area (Å²) >= 11 is 0. The van der Waals surface area contributed by atoms with Gasteiger partial charge in [-0.1, -0.05) is 0 Å². The fourth-order valence-corrected chi connectivity index (χ4v) is 3.31. The van der Waals surface area contributed by atoms with Crippen LogP contribution in [0.15, 0.2) is 23.2 Å². The molecule has 2 heterocycles. The van der Waals surface area contributed by atoms with Gasteiger partial charge in [0.05, 0.1) is 12.2 Å². The number of rotatable bonds is 5. The molecular formula is C12H18N4O3S. The van der Waals surface area contributed by atoms with Crippen molar-refractivity contribution in [2.45, 2.75) is 24.3 Å². The summed E-state index contributed by atoms with van der Waals surface area (Å²) in [6.07, 6.45) is 3.42. The molecule has 2 rings (SSSR count). The lowest BCUT2D eigenvalue weighted by atomic mass is 10.3. The molecule has 1 aromatic heterocycles. The molecule has 0 aromatic carbocycles. The summed E-state index contributed by atoms with van der Waals surface area (Å²) in [5.74, 6) is -0.204. The van der Waals surface area contributed by atoms with Crippen LogP contribution < -0.4 is 10.5 Å². The van der Waals surface area contributed by atoms with Gasteiger partial charge in [0.2, 0.25) is 15.9 Å². The van der Waals surface area contributed by atoms with E-state index in [2.05, 4.69) is 9.71 Å². The fourth-order valence-electron chi connectivity index (χ4n) is 2.13. The van der Waals surface area contributed by atoms with Gasteiger partial charge in [-0.25, -0.2) is 13.1 Å². The molecule has 3 N–H and O–H groups in total. The van der Waals surface area contributed by atoms with Crippen molar-refractivity contribution in [2.75, 3.05) is 19.6 Å². The Morgan fingerprint density at radius 2 is 2.10 bits per heavy atom. The van der Waals surface area contributed by atoms with Gasteiger partial charge in [-0.3, -0.25) is 9.78 Å². The molecule has 1 aliphatic rings. The largest absolute Gasteiger partial charge is 0.342 e. The molecule has 0 radical (unpaired) electrons. The Labute approximate surface area is 118 Å². The molecule has 0 aliphatic carbocycles. The molecule has 1 fully saturated rings. The first kappa shape index (κ1) is 14.9. The number of pyridine rings is 1. The molecule has 8 heteroatoms. The number of nitrogens with two attached hydrogens (primary N) is 1. The predicted octanol–water partition coefficient (Wildman–Crippen LogP) is -0.559. The smallest absolute Gasteiger partial charge is 0.242 e. The molecule has 0 saturated carbocycles. The van der Waals surface area contributed by atoms with Crippen LogP contribution in [-0.2, 0) is 21.4 Å². The van der Waals surface area contributed by atoms with Crippen LogP contribution in [0.1, 0.15) is 18.5 Å². The van der Waals surface area contributed by atoms with Gasteiger partial charge in [-0.05, 0) is 25.0 Å². The van der Waals surface area contributed by atoms with Crippen LogP contribution in [0.2, 0.25) is 0 Å². The number of hydrogen-bond acceptors (Lipinski definition) is 5. The molecule has 0 spiro atoms. The first-order chi connectivity index (χ1) is 9.54. The summed E-state index contributed by atoms with van der Waals surface area (Å²) in [7, 11) is -3.77. The zero-order chi connectivity index (χ0) is 14.6. The second kappa shape index (κ2) is 6.29. The lowest BCUT2D eigenvalue weighted by molar-refractivity contribution is -0.128. The van der Waals surface area contributed by atoms with Gasteiger partial charge in [0.25, 0.3) is 0 Å². The number of aromatic nitrogens is 1. The van der Waals surface area contributed by atoms with E-state index in [4.69, 9.17) is 5.73 Å². The third kappa shape index (κ3) is 3.33. The number of carbonyl (C=O) groups is 1. The lowest BCUT2D eigenvalue weighted by Crippen LogP contribution is -2.38. The first-order valence-corrected chi connectivity index (χ1v) is 7.94. The zero-order valence-corrected chi connectivity index (χ0v) is 11.9. The quantitative estimate of drug-likeness (QED) is 0.758. The topological polar surface area (TPSA) is 105 Å². The van der Waals surface area contributed by atoms with E-state index in [1.54, 1.807) is 4.90 Å². The maximum Gasteiger partial charge on any atom is 0.242 e. The van der Waals surface area contributed by atoms with Crippen molar-refractivity contribution in [3.05, 3.63) is 24.0 Å². The van der Waals surface area contributed by atoms with Gasteiger partial charge < -0.3 is 10.6 Å². The Bertz CT molecular complexity index is 582. The molecule has 1 amide bonds. The van der Waals surface area contributed by atoms with Gasteiger partial charge in [0.15, 0.2) is 0 Å². The minimum absolute atomic E-state index is 0.0247. The highest BCUT2D eigenvalue weighted by Gasteiger charge is 2.22. The highest BCUT2D eigenvalue weighted by Crippen LogP contribution is 2.12. The number of hydrogen-bond donors (Lipinski definition) is 2. The maximum atomic E-state index is 12.2. The van der Waals surface area contributed by atoms with E-state index in [1.807, 2.05) is 0 Å². The van der Waals surface area contributed by atoms with Crippen LogP contribution in [0.5, 0.6) is 0 Å². The van der Waals surface area contributed by atoms with Crippen LogP contribution in [-0.4, -0.2) is 43.8 Å². The Morgan fingerprint density at radius 1 is 1.40 bits per heavy atom. The average Bonchev–Trinajstić information content (AvgIpc) is 2.99. The number of amides is 1. The molecule has 20 heavy (non-hydrogen) atoms. The van der Waals surface area contributed by atoms with Crippen LogP contribution in [0.25, 0.3) is 0 Å². The summed E-state index contributed by atoms with van der Waals surface area (Å²) < 4.78 is 26.6. The van der Waals surface area contributed by atoms with E-state index >= 15 is 0 Å². The molecule has 7 nitrogen and oxygen atoms in total. The van der Waals surface area contributed by atoms with Gasteiger partial charge in [0, 0.05) is 25.8 Å². The van der Waals surface area contributed by atoms with Crippen LogP contribution in [0.4, 0.5) is 0 Å². The summed E-state index contributed by atoms with van der Waals surface area (Å²) in [5.41, 5.74) is 5.76. The third-order valence-electron chi connectivity index (χ3n) is 3.20. The van der Waals surface area contributed by atoms with Crippen molar-refractivity contribution in [1.82, 2.24) is 14.6 Å². The number of nitrogens with zero attached hydrogens (tertiary/aromatic N) is 2. The molecule has 0 unspecified atom stereocenters. The van der Waals surface area contributed by atoms with E-state index in [0.717, 1.165) is 12.8 Å². The Kier molecular flexibility index (Phi) is 4.69. The Morgan fingerprint density at radius 3 is 2.75 bits per heavy atom. The number of sulfonamides is 1. The van der Waals surface area contributed by atoms with Crippen molar-refractivity contribution in [3.8, 4) is 0 Å². The summed E-state index contributed by atoms with van der Waals surface area (Å²) in [6.45, 7) is 1.18. The molecular weight excluding hydrogens is 280 g/mol. The van der Waals surface area contributed by atoms with Gasteiger partial charge >= 0.3 is 0 Å². The zero-order valence-electron chi connectivity index (χ0n) is 11.1. The predicted molar refractivity (Wildman–Crippen MR) is 73.1 cm³/mol. The van der Waals surface area contributed by atoms with Crippen molar-refractivity contribution in [3.63, 3.8) is 0 Å². The van der Waals surface area contributed by atoms with E-state index < -0.39 is 10.0 Å². The SMILES string of the molecule is NCc1ncccc1S(=O)(=O)NCC(=O)N1CCCC1. The Balaban J connectivity index is 2.05. The van der Waals surface area contributed by atoms with Crippen LogP contribution in [0, 0.1) is 0 Å². The minimum Gasteiger partial charge on any atom is -0.342 e. The second-order valence-corrected chi connectivity index (χ2v) is 6.30. The Hall–Kier alpha value is -1.51. The third-order valence-corrected chi connectivity index (χ3v) is 4.68. The molecule has 1 aliphatic heterocycles. The summed E-state index contributed by atoms with van der Waals surface area (Å²) in [5, 5.41) is 0. The van der Waals surface area contributed by atoms with Gasteiger partial charge in [-0.15, -0.1) is 0 Å². The molecule has 1 aromatic rings. The molecule has 0 atom stereocenters. The van der Waals surface area contributed by atoms with E-state index in [9.17, 15) is 13.2 Å². The van der Waals surface area contributed by atoms with Crippen molar-refractivity contribution in [1.29, 1.82) is 0 Å². The molecule has 1 saturated heterocycles. The van der Waals surface area contributed by atoms with Crippen molar-refractivity contribution >= 4 is 15.9 Å². The molecule has 0 bridgehead atoms. The number of nitrogens with one attached hydrogen (secondary N) is 1. The average molecular weight is 298 g/mol. The van der Waals surface area contributed by atoms with Gasteiger partial charge in [-0.2, -0.15) is 0 Å².